The van der Waals surface area contributed by atoms with Crippen LogP contribution in [-0.4, -0.2) is 42.9 Å². The third-order valence-corrected chi connectivity index (χ3v) is 4.42. The molecule has 3 unspecified atom stereocenters. The van der Waals surface area contributed by atoms with Crippen LogP contribution in [0.1, 0.15) is 47.0 Å². The molecule has 0 amide bonds. The Balaban J connectivity index is 2.80. The van der Waals surface area contributed by atoms with Crippen LogP contribution in [0.3, 0.4) is 0 Å². The summed E-state index contributed by atoms with van der Waals surface area (Å²) in [5.41, 5.74) is 9.58. The monoisotopic (exact) mass is 257 g/mol. The number of nitrogens with two attached hydrogens (primary N) is 1. The molecule has 1 aliphatic heterocycles. The third kappa shape index (κ3) is 3.44. The summed E-state index contributed by atoms with van der Waals surface area (Å²) in [6.45, 7) is 10.2. The molecule has 3 atom stereocenters. The topological polar surface area (TPSA) is 50.5 Å². The van der Waals surface area contributed by atoms with Gasteiger partial charge in [-0.15, -0.1) is 0 Å². The molecule has 0 saturated carbocycles. The van der Waals surface area contributed by atoms with Crippen molar-refractivity contribution in [3.63, 3.8) is 0 Å². The fourth-order valence-electron chi connectivity index (χ4n) is 2.82. The summed E-state index contributed by atoms with van der Waals surface area (Å²) in [5.74, 6) is 0.434. The van der Waals surface area contributed by atoms with Gasteiger partial charge in [-0.25, -0.2) is 10.4 Å². The van der Waals surface area contributed by atoms with Gasteiger partial charge in [-0.2, -0.15) is 0 Å². The van der Waals surface area contributed by atoms with Crippen molar-refractivity contribution in [1.29, 1.82) is 0 Å². The van der Waals surface area contributed by atoms with Crippen LogP contribution >= 0.6 is 0 Å². The first-order valence-electron chi connectivity index (χ1n) is 7.22. The highest BCUT2D eigenvalue weighted by Gasteiger charge is 2.37. The maximum absolute atomic E-state index is 6.03. The van der Waals surface area contributed by atoms with Crippen LogP contribution in [0.4, 0.5) is 0 Å². The van der Waals surface area contributed by atoms with Crippen molar-refractivity contribution in [1.82, 2.24) is 10.4 Å². The summed E-state index contributed by atoms with van der Waals surface area (Å²) >= 11 is 0. The van der Waals surface area contributed by atoms with Gasteiger partial charge in [0.15, 0.2) is 0 Å². The Bertz CT molecular complexity index is 237. The van der Waals surface area contributed by atoms with Crippen molar-refractivity contribution >= 4 is 0 Å². The van der Waals surface area contributed by atoms with Gasteiger partial charge in [0.25, 0.3) is 0 Å². The molecule has 3 N–H and O–H groups in total. The van der Waals surface area contributed by atoms with Gasteiger partial charge in [0, 0.05) is 25.7 Å². The van der Waals surface area contributed by atoms with E-state index in [1.54, 1.807) is 7.11 Å². The molecule has 4 heteroatoms. The van der Waals surface area contributed by atoms with Crippen LogP contribution in [0.5, 0.6) is 0 Å². The van der Waals surface area contributed by atoms with Gasteiger partial charge in [-0.1, -0.05) is 20.3 Å². The van der Waals surface area contributed by atoms with Crippen molar-refractivity contribution in [3.05, 3.63) is 0 Å². The summed E-state index contributed by atoms with van der Waals surface area (Å²) in [7, 11) is 1.75. The zero-order valence-electron chi connectivity index (χ0n) is 12.7. The number of nitrogens with one attached hydrogen (secondary N) is 1. The van der Waals surface area contributed by atoms with Crippen molar-refractivity contribution in [2.75, 3.05) is 20.3 Å². The third-order valence-electron chi connectivity index (χ3n) is 4.42. The highest BCUT2D eigenvalue weighted by molar-refractivity contribution is 4.93. The Kier molecular flexibility index (Phi) is 6.05. The Morgan fingerprint density at radius 3 is 2.28 bits per heavy atom. The van der Waals surface area contributed by atoms with E-state index in [1.807, 2.05) is 0 Å². The van der Waals surface area contributed by atoms with Crippen molar-refractivity contribution < 1.29 is 4.74 Å². The maximum Gasteiger partial charge on any atom is 0.0703 e. The van der Waals surface area contributed by atoms with Crippen LogP contribution in [0.25, 0.3) is 0 Å². The van der Waals surface area contributed by atoms with Gasteiger partial charge in [0.05, 0.1) is 12.1 Å². The maximum atomic E-state index is 6.03. The molecule has 1 saturated heterocycles. The molecular formula is C14H31N3O. The van der Waals surface area contributed by atoms with Crippen LogP contribution < -0.4 is 11.2 Å². The predicted octanol–water partition coefficient (Wildman–Crippen LogP) is 1.75. The SMILES string of the molecule is COCC(CN)(NN1C(C)CCCC1C)C(C)C. The molecule has 0 radical (unpaired) electrons. The van der Waals surface area contributed by atoms with E-state index in [4.69, 9.17) is 10.5 Å². The normalized spacial score (nSPS) is 29.5. The second kappa shape index (κ2) is 6.85. The molecular weight excluding hydrogens is 226 g/mol. The molecule has 1 heterocycles. The summed E-state index contributed by atoms with van der Waals surface area (Å²) in [6.07, 6.45) is 3.83. The number of ether oxygens (including phenoxy) is 1. The molecule has 0 aromatic heterocycles. The fraction of sp³-hybridized carbons (Fsp3) is 1.00. The second-order valence-electron chi connectivity index (χ2n) is 6.10. The van der Waals surface area contributed by atoms with Crippen LogP contribution in [0.2, 0.25) is 0 Å². The Morgan fingerprint density at radius 1 is 1.33 bits per heavy atom. The van der Waals surface area contributed by atoms with E-state index >= 15 is 0 Å². The van der Waals surface area contributed by atoms with E-state index in [1.165, 1.54) is 19.3 Å². The first-order chi connectivity index (χ1) is 8.46. The molecule has 4 nitrogen and oxygen atoms in total. The molecule has 1 rings (SSSR count). The number of hydrogen-bond donors (Lipinski definition) is 2. The number of methoxy groups -OCH3 is 1. The molecule has 0 aromatic carbocycles. The average Bonchev–Trinajstić information content (AvgIpc) is 2.32. The first-order valence-corrected chi connectivity index (χ1v) is 7.22. The van der Waals surface area contributed by atoms with Crippen molar-refractivity contribution in [3.8, 4) is 0 Å². The summed E-state index contributed by atoms with van der Waals surface area (Å²) in [4.78, 5) is 0. The van der Waals surface area contributed by atoms with Gasteiger partial charge in [-0.3, -0.25) is 0 Å². The van der Waals surface area contributed by atoms with Gasteiger partial charge in [-0.05, 0) is 32.6 Å². The first kappa shape index (κ1) is 15.9. The molecule has 0 spiro atoms. The minimum atomic E-state index is -0.158. The van der Waals surface area contributed by atoms with Gasteiger partial charge >= 0.3 is 0 Å². The van der Waals surface area contributed by atoms with Crippen LogP contribution in [0, 0.1) is 5.92 Å². The molecule has 108 valence electrons. The minimum Gasteiger partial charge on any atom is -0.383 e. The predicted molar refractivity (Wildman–Crippen MR) is 76.2 cm³/mol. The molecule has 0 aromatic rings. The number of piperidine rings is 1. The van der Waals surface area contributed by atoms with E-state index in [-0.39, 0.29) is 5.54 Å². The number of rotatable bonds is 6. The summed E-state index contributed by atoms with van der Waals surface area (Å²) < 4.78 is 5.40. The zero-order chi connectivity index (χ0) is 13.8. The minimum absolute atomic E-state index is 0.158. The Morgan fingerprint density at radius 2 is 1.89 bits per heavy atom. The van der Waals surface area contributed by atoms with E-state index in [0.29, 0.717) is 31.2 Å². The molecule has 18 heavy (non-hydrogen) atoms. The lowest BCUT2D eigenvalue weighted by Crippen LogP contribution is -2.67. The standard InChI is InChI=1S/C14H31N3O/c1-11(2)14(9-15,10-18-5)16-17-12(3)7-6-8-13(17)4/h11-13,16H,6-10,15H2,1-5H3. The lowest BCUT2D eigenvalue weighted by Gasteiger charge is -2.47. The van der Waals surface area contributed by atoms with Crippen molar-refractivity contribution in [2.45, 2.75) is 64.6 Å². The number of hydrogen-bond acceptors (Lipinski definition) is 4. The highest BCUT2D eigenvalue weighted by Crippen LogP contribution is 2.25. The lowest BCUT2D eigenvalue weighted by atomic mass is 9.87. The quantitative estimate of drug-likeness (QED) is 0.761. The van der Waals surface area contributed by atoms with E-state index < -0.39 is 0 Å². The van der Waals surface area contributed by atoms with E-state index in [9.17, 15) is 0 Å². The number of nitrogens with zero attached hydrogens (tertiary/aromatic N) is 1. The molecule has 0 aliphatic carbocycles. The largest absolute Gasteiger partial charge is 0.383 e. The highest BCUT2D eigenvalue weighted by atomic mass is 16.5. The van der Waals surface area contributed by atoms with Crippen molar-refractivity contribution in [2.24, 2.45) is 11.7 Å². The van der Waals surface area contributed by atoms with E-state index in [2.05, 4.69) is 38.1 Å². The Hall–Kier alpha value is -0.160. The average molecular weight is 257 g/mol. The lowest BCUT2D eigenvalue weighted by molar-refractivity contribution is -0.0393. The van der Waals surface area contributed by atoms with Crippen LogP contribution in [-0.2, 0) is 4.74 Å². The van der Waals surface area contributed by atoms with Gasteiger partial charge in [0.1, 0.15) is 0 Å². The van der Waals surface area contributed by atoms with Crippen LogP contribution in [0.15, 0.2) is 0 Å². The fourth-order valence-corrected chi connectivity index (χ4v) is 2.82. The molecule has 0 bridgehead atoms. The molecule has 1 fully saturated rings. The molecule has 1 aliphatic rings. The Labute approximate surface area is 112 Å². The smallest absolute Gasteiger partial charge is 0.0703 e. The zero-order valence-corrected chi connectivity index (χ0v) is 12.7. The van der Waals surface area contributed by atoms with Gasteiger partial charge in [0.2, 0.25) is 0 Å². The second-order valence-corrected chi connectivity index (χ2v) is 6.10. The summed E-state index contributed by atoms with van der Waals surface area (Å²) in [5, 5.41) is 2.40. The summed E-state index contributed by atoms with van der Waals surface area (Å²) in [6, 6.07) is 1.13. The van der Waals surface area contributed by atoms with E-state index in [0.717, 1.165) is 0 Å². The number of hydrazine groups is 1. The van der Waals surface area contributed by atoms with Gasteiger partial charge < -0.3 is 10.5 Å².